The number of methoxy groups -OCH3 is 1. The first-order chi connectivity index (χ1) is 7.54. The van der Waals surface area contributed by atoms with E-state index in [1.165, 1.54) is 0 Å². The van der Waals surface area contributed by atoms with Crippen LogP contribution < -0.4 is 5.32 Å². The van der Waals surface area contributed by atoms with Gasteiger partial charge in [-0.1, -0.05) is 11.6 Å². The largest absolute Gasteiger partial charge is 0.383 e. The normalized spacial score (nSPS) is 12.2. The summed E-state index contributed by atoms with van der Waals surface area (Å²) in [6, 6.07) is 5.81. The summed E-state index contributed by atoms with van der Waals surface area (Å²) in [4.78, 5) is 11.9. The van der Waals surface area contributed by atoms with Gasteiger partial charge in [-0.15, -0.1) is 0 Å². The lowest BCUT2D eigenvalue weighted by molar-refractivity contribution is 0.0904. The number of hydrogen-bond acceptors (Lipinski definition) is 2. The summed E-state index contributed by atoms with van der Waals surface area (Å²) >= 11 is 2.18. The van der Waals surface area contributed by atoms with Crippen LogP contribution in [0.3, 0.4) is 0 Å². The smallest absolute Gasteiger partial charge is 0.252 e. The number of carbonyl (C=O) groups is 1. The highest BCUT2D eigenvalue weighted by Gasteiger charge is 2.12. The van der Waals surface area contributed by atoms with Gasteiger partial charge in [-0.3, -0.25) is 4.79 Å². The van der Waals surface area contributed by atoms with Crippen LogP contribution in [0.4, 0.5) is 0 Å². The fraction of sp³-hybridized carbons (Fsp3) is 0.417. The minimum atomic E-state index is -0.0473. The molecule has 1 unspecified atom stereocenters. The Morgan fingerprint density at radius 2 is 2.25 bits per heavy atom. The van der Waals surface area contributed by atoms with Gasteiger partial charge in [-0.25, -0.2) is 0 Å². The number of nitrogens with one attached hydrogen (secondary N) is 1. The zero-order valence-corrected chi connectivity index (χ0v) is 11.9. The van der Waals surface area contributed by atoms with Crippen molar-refractivity contribution in [2.75, 3.05) is 13.7 Å². The number of amides is 1. The molecular formula is C12H16INO2. The maximum absolute atomic E-state index is 11.9. The molecule has 0 spiro atoms. The van der Waals surface area contributed by atoms with Crippen molar-refractivity contribution in [3.63, 3.8) is 0 Å². The minimum absolute atomic E-state index is 0.0228. The van der Waals surface area contributed by atoms with Crippen LogP contribution >= 0.6 is 22.6 Å². The molecule has 88 valence electrons. The van der Waals surface area contributed by atoms with E-state index in [1.54, 1.807) is 7.11 Å². The molecule has 0 aromatic heterocycles. The predicted molar refractivity (Wildman–Crippen MR) is 72.7 cm³/mol. The summed E-state index contributed by atoms with van der Waals surface area (Å²) in [6.45, 7) is 4.45. The van der Waals surface area contributed by atoms with Crippen molar-refractivity contribution in [2.45, 2.75) is 19.9 Å². The van der Waals surface area contributed by atoms with E-state index in [-0.39, 0.29) is 11.9 Å². The van der Waals surface area contributed by atoms with Crippen LogP contribution in [0, 0.1) is 10.5 Å². The third kappa shape index (κ3) is 3.75. The van der Waals surface area contributed by atoms with E-state index in [1.807, 2.05) is 32.0 Å². The van der Waals surface area contributed by atoms with Gasteiger partial charge in [0.25, 0.3) is 5.91 Å². The fourth-order valence-corrected chi connectivity index (χ4v) is 2.31. The molecule has 0 bridgehead atoms. The van der Waals surface area contributed by atoms with Crippen LogP contribution in [0.2, 0.25) is 0 Å². The van der Waals surface area contributed by atoms with Crippen molar-refractivity contribution < 1.29 is 9.53 Å². The lowest BCUT2D eigenvalue weighted by Gasteiger charge is -2.13. The monoisotopic (exact) mass is 333 g/mol. The van der Waals surface area contributed by atoms with Crippen molar-refractivity contribution in [1.82, 2.24) is 5.32 Å². The van der Waals surface area contributed by atoms with Crippen molar-refractivity contribution in [3.05, 3.63) is 32.9 Å². The van der Waals surface area contributed by atoms with E-state index >= 15 is 0 Å². The number of aryl methyl sites for hydroxylation is 1. The number of ether oxygens (including phenoxy) is 1. The van der Waals surface area contributed by atoms with Gasteiger partial charge >= 0.3 is 0 Å². The van der Waals surface area contributed by atoms with Crippen LogP contribution in [0.15, 0.2) is 18.2 Å². The second kappa shape index (κ2) is 6.20. The molecule has 0 heterocycles. The van der Waals surface area contributed by atoms with Gasteiger partial charge in [0, 0.05) is 16.7 Å². The molecule has 4 heteroatoms. The molecule has 16 heavy (non-hydrogen) atoms. The second-order valence-electron chi connectivity index (χ2n) is 3.81. The average molecular weight is 333 g/mol. The van der Waals surface area contributed by atoms with Crippen LogP contribution in [-0.4, -0.2) is 25.7 Å². The van der Waals surface area contributed by atoms with Gasteiger partial charge in [0.1, 0.15) is 0 Å². The van der Waals surface area contributed by atoms with E-state index in [0.29, 0.717) is 12.2 Å². The van der Waals surface area contributed by atoms with Crippen molar-refractivity contribution >= 4 is 28.5 Å². The summed E-state index contributed by atoms with van der Waals surface area (Å²) < 4.78 is 5.95. The van der Waals surface area contributed by atoms with E-state index in [9.17, 15) is 4.79 Å². The zero-order chi connectivity index (χ0) is 12.1. The summed E-state index contributed by atoms with van der Waals surface area (Å²) in [5, 5.41) is 2.89. The maximum atomic E-state index is 11.9. The highest BCUT2D eigenvalue weighted by molar-refractivity contribution is 14.1. The number of halogens is 1. The molecule has 1 N–H and O–H groups in total. The lowest BCUT2D eigenvalue weighted by Crippen LogP contribution is -2.35. The standard InChI is InChI=1S/C12H16INO2/c1-8-4-5-10(11(13)6-8)12(15)14-9(2)7-16-3/h4-6,9H,7H2,1-3H3,(H,14,15). The molecule has 1 rings (SSSR count). The van der Waals surface area contributed by atoms with Gasteiger partial charge in [0.05, 0.1) is 12.2 Å². The molecule has 0 saturated carbocycles. The maximum Gasteiger partial charge on any atom is 0.252 e. The van der Waals surface area contributed by atoms with Crippen LogP contribution in [0.1, 0.15) is 22.8 Å². The molecule has 0 saturated heterocycles. The van der Waals surface area contributed by atoms with Crippen molar-refractivity contribution in [1.29, 1.82) is 0 Å². The predicted octanol–water partition coefficient (Wildman–Crippen LogP) is 2.36. The molecule has 0 aliphatic carbocycles. The quantitative estimate of drug-likeness (QED) is 0.859. The Labute approximate surface area is 110 Å². The van der Waals surface area contributed by atoms with Gasteiger partial charge in [-0.05, 0) is 48.6 Å². The van der Waals surface area contributed by atoms with Crippen molar-refractivity contribution in [3.8, 4) is 0 Å². The molecule has 1 atom stereocenters. The highest BCUT2D eigenvalue weighted by Crippen LogP contribution is 2.14. The number of carbonyl (C=O) groups excluding carboxylic acids is 1. The van der Waals surface area contributed by atoms with Crippen LogP contribution in [-0.2, 0) is 4.74 Å². The number of hydrogen-bond donors (Lipinski definition) is 1. The van der Waals surface area contributed by atoms with Gasteiger partial charge in [0.2, 0.25) is 0 Å². The molecular weight excluding hydrogens is 317 g/mol. The van der Waals surface area contributed by atoms with Crippen molar-refractivity contribution in [2.24, 2.45) is 0 Å². The summed E-state index contributed by atoms with van der Waals surface area (Å²) in [5.41, 5.74) is 1.88. The summed E-state index contributed by atoms with van der Waals surface area (Å²) in [7, 11) is 1.62. The first-order valence-electron chi connectivity index (χ1n) is 5.10. The first kappa shape index (κ1) is 13.4. The van der Waals surface area contributed by atoms with Gasteiger partial charge < -0.3 is 10.1 Å². The van der Waals surface area contributed by atoms with E-state index in [4.69, 9.17) is 4.74 Å². The Morgan fingerprint density at radius 3 is 2.81 bits per heavy atom. The van der Waals surface area contributed by atoms with E-state index in [2.05, 4.69) is 27.9 Å². The lowest BCUT2D eigenvalue weighted by atomic mass is 10.1. The number of rotatable bonds is 4. The molecule has 0 aliphatic rings. The fourth-order valence-electron chi connectivity index (χ4n) is 1.40. The molecule has 0 aliphatic heterocycles. The molecule has 3 nitrogen and oxygen atoms in total. The topological polar surface area (TPSA) is 38.3 Å². The SMILES string of the molecule is COCC(C)NC(=O)c1ccc(C)cc1I. The Kier molecular flexibility index (Phi) is 5.21. The minimum Gasteiger partial charge on any atom is -0.383 e. The second-order valence-corrected chi connectivity index (χ2v) is 4.98. The zero-order valence-electron chi connectivity index (χ0n) is 9.71. The Bertz CT molecular complexity index is 379. The Balaban J connectivity index is 2.73. The summed E-state index contributed by atoms with van der Waals surface area (Å²) in [5.74, 6) is -0.0473. The molecule has 1 amide bonds. The highest BCUT2D eigenvalue weighted by atomic mass is 127. The van der Waals surface area contributed by atoms with Gasteiger partial charge in [0.15, 0.2) is 0 Å². The molecule has 1 aromatic carbocycles. The van der Waals surface area contributed by atoms with Gasteiger partial charge in [-0.2, -0.15) is 0 Å². The van der Waals surface area contributed by atoms with Crippen LogP contribution in [0.25, 0.3) is 0 Å². The molecule has 0 radical (unpaired) electrons. The Hall–Kier alpha value is -0.620. The van der Waals surface area contributed by atoms with E-state index < -0.39 is 0 Å². The van der Waals surface area contributed by atoms with Crippen LogP contribution in [0.5, 0.6) is 0 Å². The first-order valence-corrected chi connectivity index (χ1v) is 6.18. The third-order valence-corrected chi connectivity index (χ3v) is 3.06. The molecule has 1 aromatic rings. The van der Waals surface area contributed by atoms with E-state index in [0.717, 1.165) is 9.13 Å². The average Bonchev–Trinajstić information content (AvgIpc) is 2.17. The summed E-state index contributed by atoms with van der Waals surface area (Å²) in [6.07, 6.45) is 0. The Morgan fingerprint density at radius 1 is 1.56 bits per heavy atom. The molecule has 0 fully saturated rings. The number of benzene rings is 1. The third-order valence-electron chi connectivity index (χ3n) is 2.16.